The lowest BCUT2D eigenvalue weighted by molar-refractivity contribution is 0.564. The van der Waals surface area contributed by atoms with Crippen molar-refractivity contribution in [2.45, 2.75) is 32.6 Å². The molecular formula is C42H36. The van der Waals surface area contributed by atoms with E-state index in [1.54, 1.807) is 0 Å². The number of fused-ring (bicyclic) bond motifs is 2. The summed E-state index contributed by atoms with van der Waals surface area (Å²) in [7, 11) is 0. The molecule has 1 aliphatic carbocycles. The summed E-state index contributed by atoms with van der Waals surface area (Å²) in [5, 5.41) is 2.66. The van der Waals surface area contributed by atoms with Crippen molar-refractivity contribution in [3.8, 4) is 44.5 Å². The van der Waals surface area contributed by atoms with E-state index < -0.39 is 0 Å². The first kappa shape index (κ1) is 26.2. The molecule has 6 aromatic rings. The van der Waals surface area contributed by atoms with Crippen molar-refractivity contribution < 1.29 is 0 Å². The quantitative estimate of drug-likeness (QED) is 0.191. The minimum atomic E-state index is 0.325. The van der Waals surface area contributed by atoms with E-state index in [9.17, 15) is 0 Å². The third kappa shape index (κ3) is 4.58. The number of hydrogen-bond acceptors (Lipinski definition) is 0. The van der Waals surface area contributed by atoms with E-state index in [1.165, 1.54) is 66.4 Å². The van der Waals surface area contributed by atoms with E-state index in [2.05, 4.69) is 166 Å². The van der Waals surface area contributed by atoms with E-state index in [4.69, 9.17) is 0 Å². The van der Waals surface area contributed by atoms with Crippen molar-refractivity contribution in [3.63, 3.8) is 0 Å². The number of benzene rings is 6. The lowest BCUT2D eigenvalue weighted by atomic mass is 9.70. The SMILES string of the molecule is CC1C=CC(C(C)C)c2c1c(-c1ccc(-c3ccccc3)cc1)c1ccccc1c2-c1ccc(-c2ccccc2)cc1. The van der Waals surface area contributed by atoms with Gasteiger partial charge in [-0.05, 0) is 78.2 Å². The minimum absolute atomic E-state index is 0.325. The monoisotopic (exact) mass is 540 g/mol. The lowest BCUT2D eigenvalue weighted by Crippen LogP contribution is -2.16. The van der Waals surface area contributed by atoms with Crippen LogP contribution in [0.3, 0.4) is 0 Å². The topological polar surface area (TPSA) is 0 Å². The summed E-state index contributed by atoms with van der Waals surface area (Å²) < 4.78 is 0. The zero-order valence-corrected chi connectivity index (χ0v) is 24.6. The predicted molar refractivity (Wildman–Crippen MR) is 181 cm³/mol. The molecule has 0 heteroatoms. The maximum atomic E-state index is 2.47. The molecule has 1 aliphatic rings. The summed E-state index contributed by atoms with van der Waals surface area (Å²) >= 11 is 0. The summed E-state index contributed by atoms with van der Waals surface area (Å²) in [5.74, 6) is 1.17. The van der Waals surface area contributed by atoms with Gasteiger partial charge >= 0.3 is 0 Å². The maximum absolute atomic E-state index is 2.47. The molecule has 2 atom stereocenters. The Morgan fingerprint density at radius 2 is 0.786 bits per heavy atom. The average molecular weight is 541 g/mol. The van der Waals surface area contributed by atoms with E-state index in [1.807, 2.05) is 0 Å². The summed E-state index contributed by atoms with van der Waals surface area (Å²) in [6, 6.07) is 48.8. The first-order valence-corrected chi connectivity index (χ1v) is 15.2. The van der Waals surface area contributed by atoms with Crippen LogP contribution in [0.2, 0.25) is 0 Å². The van der Waals surface area contributed by atoms with Crippen LogP contribution in [0.1, 0.15) is 43.7 Å². The Hall–Kier alpha value is -4.68. The zero-order chi connectivity index (χ0) is 28.6. The summed E-state index contributed by atoms with van der Waals surface area (Å²) in [5.41, 5.74) is 13.3. The van der Waals surface area contributed by atoms with Gasteiger partial charge in [-0.1, -0.05) is 166 Å². The molecule has 0 amide bonds. The highest BCUT2D eigenvalue weighted by molar-refractivity contribution is 6.09. The third-order valence-electron chi connectivity index (χ3n) is 8.97. The fourth-order valence-corrected chi connectivity index (χ4v) is 6.87. The average Bonchev–Trinajstić information content (AvgIpc) is 3.05. The highest BCUT2D eigenvalue weighted by atomic mass is 14.3. The molecule has 0 radical (unpaired) electrons. The Labute approximate surface area is 250 Å². The maximum Gasteiger partial charge on any atom is 0.00507 e. The van der Waals surface area contributed by atoms with Crippen LogP contribution in [0.4, 0.5) is 0 Å². The normalized spacial score (nSPS) is 16.1. The Bertz CT molecular complexity index is 1870. The Morgan fingerprint density at radius 1 is 0.405 bits per heavy atom. The molecule has 0 saturated carbocycles. The van der Waals surface area contributed by atoms with Crippen LogP contribution in [0.15, 0.2) is 146 Å². The molecule has 0 N–H and O–H groups in total. The van der Waals surface area contributed by atoms with Gasteiger partial charge in [-0.15, -0.1) is 0 Å². The summed E-state index contributed by atoms with van der Waals surface area (Å²) in [6.07, 6.45) is 4.91. The van der Waals surface area contributed by atoms with Gasteiger partial charge in [0.25, 0.3) is 0 Å². The van der Waals surface area contributed by atoms with Crippen molar-refractivity contribution in [1.82, 2.24) is 0 Å². The van der Waals surface area contributed by atoms with Crippen molar-refractivity contribution in [3.05, 3.63) is 157 Å². The number of allylic oxidation sites excluding steroid dienone is 2. The van der Waals surface area contributed by atoms with Crippen molar-refractivity contribution in [2.24, 2.45) is 5.92 Å². The van der Waals surface area contributed by atoms with Gasteiger partial charge in [0, 0.05) is 5.92 Å². The minimum Gasteiger partial charge on any atom is -0.0806 e. The predicted octanol–water partition coefficient (Wildman–Crippen LogP) is 11.9. The standard InChI is InChI=1S/C42H36/c1-28(2)36-27-18-29(3)39-40(34-23-19-32(20-24-34)30-12-6-4-7-13-30)37-16-10-11-17-38(37)41(42(36)39)35-25-21-33(22-26-35)31-14-8-5-9-15-31/h4-29,36H,1-3H3. The van der Waals surface area contributed by atoms with Crippen LogP contribution in [0, 0.1) is 5.92 Å². The molecule has 0 fully saturated rings. The zero-order valence-electron chi connectivity index (χ0n) is 24.6. The molecule has 2 unspecified atom stereocenters. The molecule has 42 heavy (non-hydrogen) atoms. The Kier molecular flexibility index (Phi) is 6.84. The van der Waals surface area contributed by atoms with Crippen molar-refractivity contribution >= 4 is 10.8 Å². The van der Waals surface area contributed by atoms with Crippen LogP contribution in [-0.2, 0) is 0 Å². The molecule has 7 rings (SSSR count). The molecular weight excluding hydrogens is 504 g/mol. The molecule has 0 saturated heterocycles. The fourth-order valence-electron chi connectivity index (χ4n) is 6.87. The van der Waals surface area contributed by atoms with Gasteiger partial charge in [0.1, 0.15) is 0 Å². The molecule has 6 aromatic carbocycles. The molecule has 0 aliphatic heterocycles. The van der Waals surface area contributed by atoms with Crippen LogP contribution >= 0.6 is 0 Å². The van der Waals surface area contributed by atoms with Crippen LogP contribution < -0.4 is 0 Å². The van der Waals surface area contributed by atoms with Gasteiger partial charge in [0.05, 0.1) is 0 Å². The molecule has 0 spiro atoms. The Balaban J connectivity index is 1.48. The van der Waals surface area contributed by atoms with Gasteiger partial charge in [0.2, 0.25) is 0 Å². The van der Waals surface area contributed by atoms with Crippen LogP contribution in [-0.4, -0.2) is 0 Å². The van der Waals surface area contributed by atoms with Gasteiger partial charge in [0.15, 0.2) is 0 Å². The summed E-state index contributed by atoms with van der Waals surface area (Å²) in [4.78, 5) is 0. The second-order valence-electron chi connectivity index (χ2n) is 12.0. The molecule has 0 bridgehead atoms. The summed E-state index contributed by atoms with van der Waals surface area (Å²) in [6.45, 7) is 7.09. The van der Waals surface area contributed by atoms with Gasteiger partial charge in [-0.3, -0.25) is 0 Å². The van der Waals surface area contributed by atoms with Gasteiger partial charge in [-0.25, -0.2) is 0 Å². The second-order valence-corrected chi connectivity index (χ2v) is 12.0. The van der Waals surface area contributed by atoms with Crippen LogP contribution in [0.5, 0.6) is 0 Å². The van der Waals surface area contributed by atoms with Gasteiger partial charge in [-0.2, -0.15) is 0 Å². The van der Waals surface area contributed by atoms with E-state index in [0.29, 0.717) is 17.8 Å². The smallest absolute Gasteiger partial charge is 0.00507 e. The Morgan fingerprint density at radius 3 is 1.24 bits per heavy atom. The van der Waals surface area contributed by atoms with E-state index in [-0.39, 0.29) is 0 Å². The van der Waals surface area contributed by atoms with Gasteiger partial charge < -0.3 is 0 Å². The molecule has 204 valence electrons. The first-order valence-electron chi connectivity index (χ1n) is 15.2. The molecule has 0 nitrogen and oxygen atoms in total. The van der Waals surface area contributed by atoms with Crippen molar-refractivity contribution in [2.75, 3.05) is 0 Å². The second kappa shape index (κ2) is 11.0. The van der Waals surface area contributed by atoms with Crippen molar-refractivity contribution in [1.29, 1.82) is 0 Å². The number of hydrogen-bond donors (Lipinski definition) is 0. The molecule has 0 aromatic heterocycles. The van der Waals surface area contributed by atoms with E-state index in [0.717, 1.165) is 0 Å². The fraction of sp³-hybridized carbons (Fsp3) is 0.143. The van der Waals surface area contributed by atoms with Crippen LogP contribution in [0.25, 0.3) is 55.3 Å². The number of rotatable bonds is 5. The first-order chi connectivity index (χ1) is 20.6. The lowest BCUT2D eigenvalue weighted by Gasteiger charge is -2.34. The third-order valence-corrected chi connectivity index (χ3v) is 8.97. The highest BCUT2D eigenvalue weighted by Gasteiger charge is 2.31. The molecule has 0 heterocycles. The largest absolute Gasteiger partial charge is 0.0806 e. The highest BCUT2D eigenvalue weighted by Crippen LogP contribution is 2.51. The van der Waals surface area contributed by atoms with E-state index >= 15 is 0 Å².